The maximum atomic E-state index is 12.4. The lowest BCUT2D eigenvalue weighted by atomic mass is 10.2. The summed E-state index contributed by atoms with van der Waals surface area (Å²) in [4.78, 5) is 10.6. The Morgan fingerprint density at radius 3 is 2.50 bits per heavy atom. The molecule has 2 unspecified atom stereocenters. The number of primary amides is 1. The standard InChI is InChI=1S/C10H11F3N2O2S/c11-10(12,13)6-2-1-3-7(4-6)18(17)5-8(14)9(15)16/h1-4,8H,5,14H2,(H2,15,16). The summed E-state index contributed by atoms with van der Waals surface area (Å²) < 4.78 is 49.0. The Morgan fingerprint density at radius 1 is 1.39 bits per heavy atom. The summed E-state index contributed by atoms with van der Waals surface area (Å²) in [6, 6.07) is 2.91. The second kappa shape index (κ2) is 5.49. The molecule has 0 spiro atoms. The molecule has 4 N–H and O–H groups in total. The van der Waals surface area contributed by atoms with Crippen molar-refractivity contribution < 1.29 is 22.2 Å². The molecule has 0 saturated carbocycles. The van der Waals surface area contributed by atoms with E-state index in [1.54, 1.807) is 0 Å². The summed E-state index contributed by atoms with van der Waals surface area (Å²) in [7, 11) is -1.81. The van der Waals surface area contributed by atoms with Crippen LogP contribution in [0.4, 0.5) is 13.2 Å². The number of halogens is 3. The summed E-state index contributed by atoms with van der Waals surface area (Å²) in [5.74, 6) is -1.16. The molecule has 0 aliphatic rings. The summed E-state index contributed by atoms with van der Waals surface area (Å²) in [5, 5.41) is 0. The van der Waals surface area contributed by atoms with Crippen molar-refractivity contribution in [3.8, 4) is 0 Å². The fourth-order valence-corrected chi connectivity index (χ4v) is 2.33. The number of nitrogens with two attached hydrogens (primary N) is 2. The average molecular weight is 280 g/mol. The number of carbonyl (C=O) groups is 1. The number of hydrogen-bond donors (Lipinski definition) is 2. The molecule has 8 heteroatoms. The molecule has 0 aliphatic heterocycles. The molecule has 1 rings (SSSR count). The Hall–Kier alpha value is -1.41. The molecular formula is C10H11F3N2O2S. The van der Waals surface area contributed by atoms with Gasteiger partial charge in [0.25, 0.3) is 0 Å². The van der Waals surface area contributed by atoms with Crippen molar-refractivity contribution in [1.82, 2.24) is 0 Å². The summed E-state index contributed by atoms with van der Waals surface area (Å²) in [6.45, 7) is 0. The van der Waals surface area contributed by atoms with Gasteiger partial charge in [-0.05, 0) is 18.2 Å². The topological polar surface area (TPSA) is 86.2 Å². The van der Waals surface area contributed by atoms with Crippen LogP contribution < -0.4 is 11.5 Å². The van der Waals surface area contributed by atoms with Gasteiger partial charge in [-0.1, -0.05) is 6.07 Å². The first kappa shape index (κ1) is 14.7. The van der Waals surface area contributed by atoms with E-state index in [2.05, 4.69) is 0 Å². The van der Waals surface area contributed by atoms with Crippen LogP contribution in [-0.2, 0) is 21.8 Å². The van der Waals surface area contributed by atoms with Crippen molar-refractivity contribution in [3.05, 3.63) is 29.8 Å². The fraction of sp³-hybridized carbons (Fsp3) is 0.300. The molecule has 0 aromatic heterocycles. The normalized spacial score (nSPS) is 15.1. The van der Waals surface area contributed by atoms with E-state index in [-0.39, 0.29) is 10.6 Å². The van der Waals surface area contributed by atoms with Gasteiger partial charge < -0.3 is 11.5 Å². The molecule has 0 heterocycles. The lowest BCUT2D eigenvalue weighted by molar-refractivity contribution is -0.137. The number of amides is 1. The van der Waals surface area contributed by atoms with Gasteiger partial charge in [0.15, 0.2) is 0 Å². The molecule has 1 amide bonds. The largest absolute Gasteiger partial charge is 0.416 e. The third-order valence-corrected chi connectivity index (χ3v) is 3.56. The molecule has 1 aromatic rings. The second-order valence-corrected chi connectivity index (χ2v) is 5.04. The van der Waals surface area contributed by atoms with Crippen LogP contribution in [0.25, 0.3) is 0 Å². The Labute approximate surface area is 104 Å². The van der Waals surface area contributed by atoms with E-state index in [9.17, 15) is 22.2 Å². The highest BCUT2D eigenvalue weighted by Gasteiger charge is 2.30. The highest BCUT2D eigenvalue weighted by molar-refractivity contribution is 7.85. The number of benzene rings is 1. The number of carbonyl (C=O) groups excluding carboxylic acids is 1. The van der Waals surface area contributed by atoms with Crippen molar-refractivity contribution in [1.29, 1.82) is 0 Å². The van der Waals surface area contributed by atoms with E-state index in [1.807, 2.05) is 0 Å². The van der Waals surface area contributed by atoms with Gasteiger partial charge >= 0.3 is 6.18 Å². The van der Waals surface area contributed by atoms with Crippen molar-refractivity contribution in [2.24, 2.45) is 11.5 Å². The number of hydrogen-bond acceptors (Lipinski definition) is 3. The summed E-state index contributed by atoms with van der Waals surface area (Å²) in [5.41, 5.74) is 9.27. The van der Waals surface area contributed by atoms with Crippen LogP contribution in [0.5, 0.6) is 0 Å². The lowest BCUT2D eigenvalue weighted by Gasteiger charge is -2.10. The third kappa shape index (κ3) is 3.81. The molecular weight excluding hydrogens is 269 g/mol. The smallest absolute Gasteiger partial charge is 0.368 e. The molecule has 1 aromatic carbocycles. The second-order valence-electron chi connectivity index (χ2n) is 3.55. The van der Waals surface area contributed by atoms with E-state index in [4.69, 9.17) is 11.5 Å². The van der Waals surface area contributed by atoms with Crippen LogP contribution >= 0.6 is 0 Å². The Morgan fingerprint density at radius 2 is 2.00 bits per heavy atom. The van der Waals surface area contributed by atoms with Crippen LogP contribution in [0.2, 0.25) is 0 Å². The SMILES string of the molecule is NC(=O)C(N)CS(=O)c1cccc(C(F)(F)F)c1. The van der Waals surface area contributed by atoms with Crippen molar-refractivity contribution >= 4 is 16.7 Å². The minimum atomic E-state index is -4.51. The fourth-order valence-electron chi connectivity index (χ4n) is 1.16. The molecule has 0 bridgehead atoms. The predicted molar refractivity (Wildman–Crippen MR) is 59.9 cm³/mol. The quantitative estimate of drug-likeness (QED) is 0.848. The zero-order chi connectivity index (χ0) is 13.9. The van der Waals surface area contributed by atoms with Crippen LogP contribution in [0.1, 0.15) is 5.56 Å². The van der Waals surface area contributed by atoms with Gasteiger partial charge in [0.05, 0.1) is 28.2 Å². The van der Waals surface area contributed by atoms with E-state index in [0.29, 0.717) is 0 Å². The maximum absolute atomic E-state index is 12.4. The predicted octanol–water partition coefficient (Wildman–Crippen LogP) is 0.626. The lowest BCUT2D eigenvalue weighted by Crippen LogP contribution is -2.40. The Balaban J connectivity index is 2.91. The van der Waals surface area contributed by atoms with Gasteiger partial charge in [-0.2, -0.15) is 13.2 Å². The summed E-state index contributed by atoms with van der Waals surface area (Å²) in [6.07, 6.45) is -4.51. The van der Waals surface area contributed by atoms with E-state index < -0.39 is 34.5 Å². The minimum Gasteiger partial charge on any atom is -0.368 e. The van der Waals surface area contributed by atoms with Gasteiger partial charge in [-0.3, -0.25) is 9.00 Å². The maximum Gasteiger partial charge on any atom is 0.416 e. The van der Waals surface area contributed by atoms with Gasteiger partial charge in [-0.25, -0.2) is 0 Å². The monoisotopic (exact) mass is 280 g/mol. The van der Waals surface area contributed by atoms with E-state index in [1.165, 1.54) is 6.07 Å². The number of alkyl halides is 3. The van der Waals surface area contributed by atoms with E-state index >= 15 is 0 Å². The van der Waals surface area contributed by atoms with Gasteiger partial charge in [0.1, 0.15) is 0 Å². The molecule has 4 nitrogen and oxygen atoms in total. The first-order chi connectivity index (χ1) is 8.21. The van der Waals surface area contributed by atoms with Gasteiger partial charge in [0.2, 0.25) is 5.91 Å². The third-order valence-electron chi connectivity index (χ3n) is 2.12. The number of rotatable bonds is 4. The first-order valence-corrected chi connectivity index (χ1v) is 6.14. The highest BCUT2D eigenvalue weighted by Crippen LogP contribution is 2.30. The van der Waals surface area contributed by atoms with Gasteiger partial charge in [0, 0.05) is 4.90 Å². The van der Waals surface area contributed by atoms with Crippen molar-refractivity contribution in [3.63, 3.8) is 0 Å². The van der Waals surface area contributed by atoms with Crippen molar-refractivity contribution in [2.75, 3.05) is 5.75 Å². The molecule has 0 radical (unpaired) electrons. The zero-order valence-corrected chi connectivity index (χ0v) is 9.92. The van der Waals surface area contributed by atoms with Crippen molar-refractivity contribution in [2.45, 2.75) is 17.1 Å². The van der Waals surface area contributed by atoms with Crippen LogP contribution in [0.3, 0.4) is 0 Å². The van der Waals surface area contributed by atoms with Gasteiger partial charge in [-0.15, -0.1) is 0 Å². The summed E-state index contributed by atoms with van der Waals surface area (Å²) >= 11 is 0. The molecule has 0 fully saturated rings. The first-order valence-electron chi connectivity index (χ1n) is 4.82. The van der Waals surface area contributed by atoms with E-state index in [0.717, 1.165) is 18.2 Å². The highest BCUT2D eigenvalue weighted by atomic mass is 32.2. The molecule has 0 saturated heterocycles. The van der Waals surface area contributed by atoms with Crippen LogP contribution in [-0.4, -0.2) is 21.9 Å². The van der Waals surface area contributed by atoms with Crippen LogP contribution in [0, 0.1) is 0 Å². The Bertz CT molecular complexity index is 476. The van der Waals surface area contributed by atoms with Crippen LogP contribution in [0.15, 0.2) is 29.2 Å². The average Bonchev–Trinajstić information content (AvgIpc) is 2.27. The minimum absolute atomic E-state index is 0.0403. The zero-order valence-electron chi connectivity index (χ0n) is 9.11. The molecule has 0 aliphatic carbocycles. The molecule has 18 heavy (non-hydrogen) atoms. The Kier molecular flexibility index (Phi) is 4.47. The molecule has 2 atom stereocenters. The molecule has 100 valence electrons.